The van der Waals surface area contributed by atoms with Crippen molar-refractivity contribution in [2.75, 3.05) is 18.8 Å². The third-order valence-corrected chi connectivity index (χ3v) is 11.1. The van der Waals surface area contributed by atoms with Crippen LogP contribution in [0.1, 0.15) is 75.0 Å². The summed E-state index contributed by atoms with van der Waals surface area (Å²) in [4.78, 5) is 28.3. The molecule has 7 nitrogen and oxygen atoms in total. The standard InChI is InChI=1S/C30H36Cl2N2O5S/c1-30(18-27(35)36)17-25(22-6-5-7-24(32)16-22)28(21-10-12-23(31)13-11-21)34(29(30)37)26(20-8-9-20)19-40(38,39)33-14-3-2-4-15-33/h5-7,10-13,16,20,25-26,28H,2-4,8-9,14-15,17-19H2,1H3,(H,35,36)/t25-,26-,28-,30-/m1/s1. The quantitative estimate of drug-likeness (QED) is 0.371. The van der Waals surface area contributed by atoms with Crippen LogP contribution >= 0.6 is 23.2 Å². The molecule has 0 spiro atoms. The fraction of sp³-hybridized carbons (Fsp3) is 0.533. The molecule has 1 N–H and O–H groups in total. The minimum Gasteiger partial charge on any atom is -0.481 e. The lowest BCUT2D eigenvalue weighted by molar-refractivity contribution is -0.160. The Hall–Kier alpha value is -2.13. The fourth-order valence-corrected chi connectivity index (χ4v) is 8.85. The average molecular weight is 608 g/mol. The van der Waals surface area contributed by atoms with Gasteiger partial charge in [0, 0.05) is 29.1 Å². The minimum atomic E-state index is -3.64. The number of carboxylic acids is 1. The average Bonchev–Trinajstić information content (AvgIpc) is 3.75. The normalized spacial score (nSPS) is 27.0. The number of rotatable bonds is 9. The van der Waals surface area contributed by atoms with Crippen molar-refractivity contribution in [3.8, 4) is 0 Å². The summed E-state index contributed by atoms with van der Waals surface area (Å²) in [5.74, 6) is -1.81. The summed E-state index contributed by atoms with van der Waals surface area (Å²) in [6.07, 6.45) is 4.27. The van der Waals surface area contributed by atoms with Crippen molar-refractivity contribution in [1.29, 1.82) is 0 Å². The number of aliphatic carboxylic acids is 1. The van der Waals surface area contributed by atoms with Gasteiger partial charge in [-0.3, -0.25) is 9.59 Å². The lowest BCUT2D eigenvalue weighted by Gasteiger charge is -2.52. The van der Waals surface area contributed by atoms with E-state index in [1.165, 1.54) is 0 Å². The van der Waals surface area contributed by atoms with Crippen molar-refractivity contribution in [2.45, 2.75) is 69.9 Å². The van der Waals surface area contributed by atoms with Gasteiger partial charge in [0.1, 0.15) is 0 Å². The van der Waals surface area contributed by atoms with E-state index in [4.69, 9.17) is 23.2 Å². The maximum absolute atomic E-state index is 14.5. The first-order valence-corrected chi connectivity index (χ1v) is 16.4. The highest BCUT2D eigenvalue weighted by Crippen LogP contribution is 2.54. The maximum Gasteiger partial charge on any atom is 0.304 e. The molecular formula is C30H36Cl2N2O5S. The van der Waals surface area contributed by atoms with Gasteiger partial charge in [0.2, 0.25) is 15.9 Å². The van der Waals surface area contributed by atoms with Gasteiger partial charge < -0.3 is 10.0 Å². The van der Waals surface area contributed by atoms with Gasteiger partial charge in [-0.2, -0.15) is 0 Å². The molecule has 1 saturated carbocycles. The number of carbonyl (C=O) groups excluding carboxylic acids is 1. The van der Waals surface area contributed by atoms with E-state index in [0.717, 1.165) is 43.2 Å². The van der Waals surface area contributed by atoms with E-state index in [9.17, 15) is 23.1 Å². The molecule has 3 aliphatic rings. The molecule has 0 bridgehead atoms. The van der Waals surface area contributed by atoms with Crippen LogP contribution in [0.5, 0.6) is 0 Å². The van der Waals surface area contributed by atoms with Crippen molar-refractivity contribution in [3.63, 3.8) is 0 Å². The Morgan fingerprint density at radius 1 is 1.02 bits per heavy atom. The SMILES string of the molecule is C[C@]1(CC(=O)O)C[C@H](c2cccc(Cl)c2)[C@@H](c2ccc(Cl)cc2)N([C@H](CS(=O)(=O)N2CCCCC2)C2CC2)C1=O. The van der Waals surface area contributed by atoms with Crippen molar-refractivity contribution in [3.05, 3.63) is 69.7 Å². The van der Waals surface area contributed by atoms with Crippen LogP contribution in [0.3, 0.4) is 0 Å². The predicted molar refractivity (Wildman–Crippen MR) is 156 cm³/mol. The Morgan fingerprint density at radius 3 is 2.30 bits per heavy atom. The maximum atomic E-state index is 14.5. The number of halogens is 2. The molecule has 216 valence electrons. The lowest BCUT2D eigenvalue weighted by Crippen LogP contribution is -2.59. The molecule has 2 aromatic carbocycles. The molecule has 2 saturated heterocycles. The third kappa shape index (κ3) is 6.20. The molecule has 0 unspecified atom stereocenters. The van der Waals surface area contributed by atoms with Gasteiger partial charge >= 0.3 is 5.97 Å². The first kappa shape index (κ1) is 29.4. The molecule has 2 aromatic rings. The highest BCUT2D eigenvalue weighted by atomic mass is 35.5. The molecule has 2 aliphatic heterocycles. The fourth-order valence-electron chi connectivity index (χ4n) is 6.63. The van der Waals surface area contributed by atoms with E-state index in [1.54, 1.807) is 34.3 Å². The number of carbonyl (C=O) groups is 2. The minimum absolute atomic E-state index is 0.0329. The second-order valence-corrected chi connectivity index (χ2v) is 14.7. The van der Waals surface area contributed by atoms with Gasteiger partial charge in [-0.15, -0.1) is 0 Å². The molecule has 0 radical (unpaired) electrons. The second kappa shape index (κ2) is 11.6. The number of nitrogens with zero attached hydrogens (tertiary/aromatic N) is 2. The third-order valence-electron chi connectivity index (χ3n) is 8.75. The summed E-state index contributed by atoms with van der Waals surface area (Å²) in [7, 11) is -3.64. The molecule has 1 aliphatic carbocycles. The molecule has 10 heteroatoms. The van der Waals surface area contributed by atoms with Crippen molar-refractivity contribution in [2.24, 2.45) is 11.3 Å². The van der Waals surface area contributed by atoms with Crippen LogP contribution < -0.4 is 0 Å². The Morgan fingerprint density at radius 2 is 1.70 bits per heavy atom. The van der Waals surface area contributed by atoms with Gasteiger partial charge in [0.25, 0.3) is 0 Å². The van der Waals surface area contributed by atoms with Crippen LogP contribution in [-0.2, 0) is 19.6 Å². The Kier molecular flexibility index (Phi) is 8.54. The zero-order valence-corrected chi connectivity index (χ0v) is 25.0. The molecule has 0 aromatic heterocycles. The van der Waals surface area contributed by atoms with Crippen LogP contribution in [0.25, 0.3) is 0 Å². The summed E-state index contributed by atoms with van der Waals surface area (Å²) in [5, 5.41) is 11.0. The molecule has 2 heterocycles. The van der Waals surface area contributed by atoms with Crippen molar-refractivity contribution >= 4 is 45.1 Å². The second-order valence-electron chi connectivity index (χ2n) is 11.8. The van der Waals surface area contributed by atoms with E-state index in [0.29, 0.717) is 29.6 Å². The van der Waals surface area contributed by atoms with Gasteiger partial charge in [-0.05, 0) is 73.4 Å². The van der Waals surface area contributed by atoms with Crippen LogP contribution in [0.2, 0.25) is 10.0 Å². The Bertz CT molecular complexity index is 1360. The van der Waals surface area contributed by atoms with Gasteiger partial charge in [0.05, 0.1) is 29.7 Å². The Labute approximate surface area is 246 Å². The zero-order chi connectivity index (χ0) is 28.7. The molecule has 4 atom stereocenters. The summed E-state index contributed by atoms with van der Waals surface area (Å²) in [5.41, 5.74) is 0.500. The molecule has 40 heavy (non-hydrogen) atoms. The van der Waals surface area contributed by atoms with Gasteiger partial charge in [0.15, 0.2) is 0 Å². The van der Waals surface area contributed by atoms with E-state index >= 15 is 0 Å². The van der Waals surface area contributed by atoms with Crippen LogP contribution in [0.4, 0.5) is 0 Å². The van der Waals surface area contributed by atoms with E-state index < -0.39 is 33.5 Å². The monoisotopic (exact) mass is 606 g/mol. The van der Waals surface area contributed by atoms with E-state index in [2.05, 4.69) is 0 Å². The number of piperidine rings is 2. The number of hydrogen-bond donors (Lipinski definition) is 1. The largest absolute Gasteiger partial charge is 0.481 e. The summed E-state index contributed by atoms with van der Waals surface area (Å²) < 4.78 is 29.1. The Balaban J connectivity index is 1.65. The van der Waals surface area contributed by atoms with Crippen LogP contribution in [0.15, 0.2) is 48.5 Å². The van der Waals surface area contributed by atoms with Gasteiger partial charge in [-0.1, -0.05) is 60.8 Å². The number of benzene rings is 2. The number of carboxylic acid groups (broad SMARTS) is 1. The topological polar surface area (TPSA) is 95.0 Å². The number of hydrogen-bond acceptors (Lipinski definition) is 4. The van der Waals surface area contributed by atoms with Crippen LogP contribution in [0, 0.1) is 11.3 Å². The first-order valence-electron chi connectivity index (χ1n) is 14.0. The number of sulfonamides is 1. The highest BCUT2D eigenvalue weighted by molar-refractivity contribution is 7.89. The summed E-state index contributed by atoms with van der Waals surface area (Å²) in [6, 6.07) is 13.7. The first-order chi connectivity index (χ1) is 19.0. The van der Waals surface area contributed by atoms with E-state index in [1.807, 2.05) is 30.3 Å². The number of likely N-dealkylation sites (tertiary alicyclic amines) is 1. The molecule has 1 amide bonds. The summed E-state index contributed by atoms with van der Waals surface area (Å²) in [6.45, 7) is 2.70. The summed E-state index contributed by atoms with van der Waals surface area (Å²) >= 11 is 12.7. The van der Waals surface area contributed by atoms with Crippen LogP contribution in [-0.4, -0.2) is 59.5 Å². The molecule has 5 rings (SSSR count). The smallest absolute Gasteiger partial charge is 0.304 e. The lowest BCUT2D eigenvalue weighted by atomic mass is 9.67. The predicted octanol–water partition coefficient (Wildman–Crippen LogP) is 6.13. The van der Waals surface area contributed by atoms with E-state index in [-0.39, 0.29) is 29.9 Å². The highest BCUT2D eigenvalue weighted by Gasteiger charge is 2.55. The van der Waals surface area contributed by atoms with Crippen molar-refractivity contribution < 1.29 is 23.1 Å². The molecule has 3 fully saturated rings. The van der Waals surface area contributed by atoms with Gasteiger partial charge in [-0.25, -0.2) is 12.7 Å². The molecular weight excluding hydrogens is 571 g/mol. The number of amides is 1. The van der Waals surface area contributed by atoms with Crippen molar-refractivity contribution in [1.82, 2.24) is 9.21 Å². The zero-order valence-electron chi connectivity index (χ0n) is 22.6.